The normalized spacial score (nSPS) is 27.8. The molecule has 0 unspecified atom stereocenters. The Balaban J connectivity index is 1.79. The fourth-order valence-electron chi connectivity index (χ4n) is 2.39. The highest BCUT2D eigenvalue weighted by atomic mass is 16.3. The first kappa shape index (κ1) is 9.78. The molecule has 14 heavy (non-hydrogen) atoms. The summed E-state index contributed by atoms with van der Waals surface area (Å²) >= 11 is 0. The second-order valence-electron chi connectivity index (χ2n) is 4.44. The summed E-state index contributed by atoms with van der Waals surface area (Å²) < 4.78 is 5.33. The van der Waals surface area contributed by atoms with Crippen LogP contribution < -0.4 is 5.32 Å². The van der Waals surface area contributed by atoms with Crippen LogP contribution in [0.5, 0.6) is 0 Å². The van der Waals surface area contributed by atoms with Crippen LogP contribution in [0, 0.1) is 5.92 Å². The van der Waals surface area contributed by atoms with Crippen LogP contribution in [-0.2, 0) is 6.54 Å². The molecule has 1 aromatic heterocycles. The first-order valence-electron chi connectivity index (χ1n) is 5.72. The van der Waals surface area contributed by atoms with Crippen LogP contribution in [0.2, 0.25) is 0 Å². The van der Waals surface area contributed by atoms with Crippen LogP contribution in [0.25, 0.3) is 0 Å². The SMILES string of the molecule is C[C@H]1CCCC[C@@H]1[NH2+]Cc1ccco1. The lowest BCUT2D eigenvalue weighted by Gasteiger charge is -2.26. The van der Waals surface area contributed by atoms with Gasteiger partial charge in [-0.1, -0.05) is 13.3 Å². The quantitative estimate of drug-likeness (QED) is 0.782. The Hall–Kier alpha value is -0.760. The van der Waals surface area contributed by atoms with E-state index in [0.29, 0.717) is 0 Å². The van der Waals surface area contributed by atoms with Gasteiger partial charge in [0, 0.05) is 5.92 Å². The minimum atomic E-state index is 0.814. The van der Waals surface area contributed by atoms with Gasteiger partial charge in [-0.05, 0) is 31.4 Å². The van der Waals surface area contributed by atoms with Crippen LogP contribution in [0.4, 0.5) is 0 Å². The molecule has 0 saturated heterocycles. The van der Waals surface area contributed by atoms with E-state index >= 15 is 0 Å². The fourth-order valence-corrected chi connectivity index (χ4v) is 2.39. The summed E-state index contributed by atoms with van der Waals surface area (Å²) in [4.78, 5) is 0. The maximum Gasteiger partial charge on any atom is 0.157 e. The third kappa shape index (κ3) is 2.38. The van der Waals surface area contributed by atoms with Crippen molar-refractivity contribution < 1.29 is 9.73 Å². The average Bonchev–Trinajstić information content (AvgIpc) is 2.69. The fraction of sp³-hybridized carbons (Fsp3) is 0.667. The predicted octanol–water partition coefficient (Wildman–Crippen LogP) is 1.92. The minimum absolute atomic E-state index is 0.814. The van der Waals surface area contributed by atoms with Gasteiger partial charge in [-0.25, -0.2) is 0 Å². The van der Waals surface area contributed by atoms with Crippen molar-refractivity contribution in [1.82, 2.24) is 0 Å². The van der Waals surface area contributed by atoms with Crippen LogP contribution >= 0.6 is 0 Å². The zero-order valence-corrected chi connectivity index (χ0v) is 8.91. The summed E-state index contributed by atoms with van der Waals surface area (Å²) in [7, 11) is 0. The molecule has 1 aliphatic rings. The van der Waals surface area contributed by atoms with E-state index in [4.69, 9.17) is 4.42 Å². The molecule has 1 heterocycles. The second-order valence-corrected chi connectivity index (χ2v) is 4.44. The monoisotopic (exact) mass is 194 g/mol. The maximum atomic E-state index is 5.33. The Morgan fingerprint density at radius 2 is 2.29 bits per heavy atom. The van der Waals surface area contributed by atoms with E-state index in [1.54, 1.807) is 6.26 Å². The van der Waals surface area contributed by atoms with Crippen molar-refractivity contribution in [3.05, 3.63) is 24.2 Å². The molecule has 0 amide bonds. The summed E-state index contributed by atoms with van der Waals surface area (Å²) in [5.41, 5.74) is 0. The Bertz CT molecular complexity index is 255. The Labute approximate surface area is 85.7 Å². The van der Waals surface area contributed by atoms with Gasteiger partial charge in [0.2, 0.25) is 0 Å². The molecule has 1 fully saturated rings. The molecule has 2 heteroatoms. The Kier molecular flexibility index (Phi) is 3.25. The van der Waals surface area contributed by atoms with Crippen LogP contribution in [0.3, 0.4) is 0 Å². The van der Waals surface area contributed by atoms with Crippen molar-refractivity contribution in [1.29, 1.82) is 0 Å². The number of nitrogens with two attached hydrogens (primary N) is 1. The minimum Gasteiger partial charge on any atom is -0.463 e. The van der Waals surface area contributed by atoms with E-state index < -0.39 is 0 Å². The molecule has 0 aromatic carbocycles. The van der Waals surface area contributed by atoms with Gasteiger partial charge in [0.15, 0.2) is 5.76 Å². The van der Waals surface area contributed by atoms with Crippen LogP contribution in [0.1, 0.15) is 38.4 Å². The van der Waals surface area contributed by atoms with E-state index in [-0.39, 0.29) is 0 Å². The highest BCUT2D eigenvalue weighted by Gasteiger charge is 2.23. The maximum absolute atomic E-state index is 5.33. The molecule has 2 rings (SSSR count). The standard InChI is InChI=1S/C12H19NO/c1-10-5-2-3-7-12(10)13-9-11-6-4-8-14-11/h4,6,8,10,12-13H,2-3,5,7,9H2,1H3/p+1/t10-,12-/m0/s1. The number of quaternary nitrogens is 1. The second kappa shape index (κ2) is 4.65. The molecule has 0 bridgehead atoms. The van der Waals surface area contributed by atoms with Crippen LogP contribution in [-0.4, -0.2) is 6.04 Å². The molecule has 2 atom stereocenters. The molecule has 2 nitrogen and oxygen atoms in total. The Morgan fingerprint density at radius 3 is 3.00 bits per heavy atom. The number of hydrogen-bond acceptors (Lipinski definition) is 1. The van der Waals surface area contributed by atoms with E-state index in [2.05, 4.69) is 18.3 Å². The average molecular weight is 194 g/mol. The lowest BCUT2D eigenvalue weighted by atomic mass is 9.86. The third-order valence-corrected chi connectivity index (χ3v) is 3.38. The first-order valence-corrected chi connectivity index (χ1v) is 5.72. The van der Waals surface area contributed by atoms with Gasteiger partial charge >= 0.3 is 0 Å². The van der Waals surface area contributed by atoms with Gasteiger partial charge in [-0.15, -0.1) is 0 Å². The molecule has 0 spiro atoms. The zero-order valence-electron chi connectivity index (χ0n) is 8.91. The number of hydrogen-bond donors (Lipinski definition) is 1. The smallest absolute Gasteiger partial charge is 0.157 e. The third-order valence-electron chi connectivity index (χ3n) is 3.38. The van der Waals surface area contributed by atoms with Crippen molar-refractivity contribution in [2.75, 3.05) is 0 Å². The summed E-state index contributed by atoms with van der Waals surface area (Å²) in [6, 6.07) is 4.84. The predicted molar refractivity (Wildman–Crippen MR) is 55.8 cm³/mol. The van der Waals surface area contributed by atoms with E-state index in [1.807, 2.05) is 6.07 Å². The first-order chi connectivity index (χ1) is 6.86. The zero-order chi connectivity index (χ0) is 9.80. The molecule has 0 aliphatic heterocycles. The van der Waals surface area contributed by atoms with Gasteiger partial charge < -0.3 is 9.73 Å². The Morgan fingerprint density at radius 1 is 1.43 bits per heavy atom. The number of rotatable bonds is 3. The van der Waals surface area contributed by atoms with E-state index in [0.717, 1.165) is 24.3 Å². The summed E-state index contributed by atoms with van der Waals surface area (Å²) in [5, 5.41) is 2.45. The van der Waals surface area contributed by atoms with E-state index in [1.165, 1.54) is 25.7 Å². The number of furan rings is 1. The topological polar surface area (TPSA) is 29.8 Å². The summed E-state index contributed by atoms with van der Waals surface area (Å²) in [6.45, 7) is 3.38. The molecule has 1 aromatic rings. The summed E-state index contributed by atoms with van der Waals surface area (Å²) in [5.74, 6) is 1.97. The highest BCUT2D eigenvalue weighted by Crippen LogP contribution is 2.21. The lowest BCUT2D eigenvalue weighted by Crippen LogP contribution is -2.90. The van der Waals surface area contributed by atoms with Crippen molar-refractivity contribution in [2.45, 2.75) is 45.2 Å². The molecular weight excluding hydrogens is 174 g/mol. The molecular formula is C12H20NO+. The molecule has 1 saturated carbocycles. The van der Waals surface area contributed by atoms with Gasteiger partial charge in [0.05, 0.1) is 12.3 Å². The van der Waals surface area contributed by atoms with Crippen molar-refractivity contribution in [3.63, 3.8) is 0 Å². The van der Waals surface area contributed by atoms with Crippen molar-refractivity contribution in [2.24, 2.45) is 5.92 Å². The molecule has 78 valence electrons. The lowest BCUT2D eigenvalue weighted by molar-refractivity contribution is -0.714. The summed E-state index contributed by atoms with van der Waals surface area (Å²) in [6.07, 6.45) is 7.37. The van der Waals surface area contributed by atoms with Gasteiger partial charge in [-0.3, -0.25) is 0 Å². The van der Waals surface area contributed by atoms with Gasteiger partial charge in [-0.2, -0.15) is 0 Å². The molecule has 0 radical (unpaired) electrons. The van der Waals surface area contributed by atoms with E-state index in [9.17, 15) is 0 Å². The van der Waals surface area contributed by atoms with Gasteiger partial charge in [0.1, 0.15) is 6.54 Å². The molecule has 2 N–H and O–H groups in total. The van der Waals surface area contributed by atoms with Crippen LogP contribution in [0.15, 0.2) is 22.8 Å². The molecule has 1 aliphatic carbocycles. The van der Waals surface area contributed by atoms with Crippen molar-refractivity contribution >= 4 is 0 Å². The van der Waals surface area contributed by atoms with Crippen molar-refractivity contribution in [3.8, 4) is 0 Å². The van der Waals surface area contributed by atoms with Gasteiger partial charge in [0.25, 0.3) is 0 Å². The largest absolute Gasteiger partial charge is 0.463 e. The highest BCUT2D eigenvalue weighted by molar-refractivity contribution is 4.95.